The van der Waals surface area contributed by atoms with Gasteiger partial charge in [0.1, 0.15) is 5.82 Å². The molecule has 0 saturated carbocycles. The Labute approximate surface area is 214 Å². The molecule has 0 spiro atoms. The number of nitrogens with zero attached hydrogens (tertiary/aromatic N) is 3. The van der Waals surface area contributed by atoms with Crippen LogP contribution in [0.15, 0.2) is 18.2 Å². The van der Waals surface area contributed by atoms with E-state index in [2.05, 4.69) is 4.74 Å². The molecular weight excluding hydrogens is 547 g/mol. The fraction of sp³-hybridized carbons (Fsp3) is 0.500. The van der Waals surface area contributed by atoms with Crippen LogP contribution in [-0.2, 0) is 14.3 Å². The van der Waals surface area contributed by atoms with Crippen LogP contribution in [0.25, 0.3) is 0 Å². The summed E-state index contributed by atoms with van der Waals surface area (Å²) >= 11 is 0. The van der Waals surface area contributed by atoms with E-state index >= 15 is 4.39 Å². The van der Waals surface area contributed by atoms with Crippen LogP contribution in [-0.4, -0.2) is 126 Å². The van der Waals surface area contributed by atoms with Gasteiger partial charge in [-0.2, -0.15) is 0 Å². The predicted octanol–water partition coefficient (Wildman–Crippen LogP) is -7.21. The van der Waals surface area contributed by atoms with Crippen LogP contribution >= 0.6 is 0 Å². The van der Waals surface area contributed by atoms with E-state index < -0.39 is 86.5 Å². The third-order valence-corrected chi connectivity index (χ3v) is 5.70. The van der Waals surface area contributed by atoms with E-state index in [1.54, 1.807) is 0 Å². The van der Waals surface area contributed by atoms with Gasteiger partial charge in [0.15, 0.2) is 0 Å². The van der Waals surface area contributed by atoms with Crippen molar-refractivity contribution < 1.29 is 84.8 Å². The van der Waals surface area contributed by atoms with Gasteiger partial charge in [0.2, 0.25) is 11.8 Å². The zero-order chi connectivity index (χ0) is 30.3. The smallest absolute Gasteiger partial charge is 0.419 e. The highest BCUT2D eigenvalue weighted by Gasteiger charge is 2.78. The van der Waals surface area contributed by atoms with E-state index in [9.17, 15) is 75.7 Å². The quantitative estimate of drug-likeness (QED) is 0.149. The third-order valence-electron chi connectivity index (χ3n) is 5.70. The molecule has 39 heavy (non-hydrogen) atoms. The molecule has 20 nitrogen and oxygen atoms in total. The van der Waals surface area contributed by atoms with E-state index in [1.165, 1.54) is 5.32 Å². The fourth-order valence-electron chi connectivity index (χ4n) is 4.08. The lowest BCUT2D eigenvalue weighted by Crippen LogP contribution is -2.91. The predicted molar refractivity (Wildman–Crippen MR) is 111 cm³/mol. The minimum atomic E-state index is -4.54. The van der Waals surface area contributed by atoms with Crippen LogP contribution in [0.4, 0.5) is 20.6 Å². The van der Waals surface area contributed by atoms with Crippen molar-refractivity contribution in [3.63, 3.8) is 0 Å². The second kappa shape index (κ2) is 8.59. The second-order valence-corrected chi connectivity index (χ2v) is 8.56. The van der Waals surface area contributed by atoms with E-state index in [0.717, 1.165) is 6.92 Å². The Hall–Kier alpha value is -3.32. The lowest BCUT2D eigenvalue weighted by atomic mass is 10.0. The molecule has 1 atom stereocenters. The summed E-state index contributed by atoms with van der Waals surface area (Å²) in [5.74, 6) is -30.2. The summed E-state index contributed by atoms with van der Waals surface area (Å²) in [6.07, 6.45) is -4.53. The largest absolute Gasteiger partial charge is 0.430 e. The molecule has 2 aliphatic rings. The average molecular weight is 570 g/mol. The Morgan fingerprint density at radius 2 is 1.41 bits per heavy atom. The Bertz CT molecular complexity index is 1190. The van der Waals surface area contributed by atoms with Gasteiger partial charge in [-0.1, -0.05) is 0 Å². The molecular formula is C18H23FN4O16. The number of hydrogen-bond acceptors (Lipinski definition) is 17. The van der Waals surface area contributed by atoms with Crippen molar-refractivity contribution in [1.29, 1.82) is 0 Å². The van der Waals surface area contributed by atoms with E-state index in [1.807, 2.05) is 0 Å². The molecule has 1 aromatic carbocycles. The van der Waals surface area contributed by atoms with Gasteiger partial charge < -0.3 is 71.3 Å². The number of anilines is 2. The first kappa shape index (κ1) is 30.2. The number of carbonyl (C=O) groups excluding carboxylic acids is 3. The normalized spacial score (nSPS) is 24.8. The Morgan fingerprint density at radius 1 is 0.923 bits per heavy atom. The van der Waals surface area contributed by atoms with Crippen LogP contribution in [0.1, 0.15) is 13.8 Å². The van der Waals surface area contributed by atoms with E-state index in [4.69, 9.17) is 0 Å². The van der Waals surface area contributed by atoms with Gasteiger partial charge in [0.25, 0.3) is 12.0 Å². The molecule has 0 aliphatic carbocycles. The number of cyclic esters (lactones) is 1. The summed E-state index contributed by atoms with van der Waals surface area (Å²) in [6.45, 7) is 1.19. The van der Waals surface area contributed by atoms with Crippen molar-refractivity contribution in [3.05, 3.63) is 24.0 Å². The Morgan fingerprint density at radius 3 is 1.82 bits per heavy atom. The van der Waals surface area contributed by atoms with Crippen LogP contribution in [0.2, 0.25) is 0 Å². The first-order valence-electron chi connectivity index (χ1n) is 10.3. The lowest BCUT2D eigenvalue weighted by molar-refractivity contribution is -0.536. The molecule has 3 rings (SSSR count). The van der Waals surface area contributed by atoms with Crippen molar-refractivity contribution in [1.82, 2.24) is 10.2 Å². The number of ether oxygens (including phenoxy) is 1. The third kappa shape index (κ3) is 4.13. The van der Waals surface area contributed by atoms with Gasteiger partial charge in [-0.25, -0.2) is 19.0 Å². The van der Waals surface area contributed by atoms with E-state index in [-0.39, 0.29) is 17.0 Å². The Kier molecular flexibility index (Phi) is 6.66. The SMILES string of the molecule is CC(=O)NC(O)(O)C1OC(=O)N(c2ccc(N3C(O)(O)C(O)(O)N(C(C)=O)C(O)(O)C3(O)O)c(F)c2)C1(O)O. The standard InChI is InChI=1S/C18H23FN4O16/c1-6(24)20-13(27,28)11-14(29,30)21(12(26)39-11)8-3-4-10(9(19)5-8)23-17(35,36)15(31,32)22(7(2)25)16(33,34)18(23,37)38/h3-5,11,27-38H,1-2H3,(H,20,24). The van der Waals surface area contributed by atoms with Gasteiger partial charge in [0.05, 0.1) is 11.4 Å². The fourth-order valence-corrected chi connectivity index (χ4v) is 4.08. The first-order chi connectivity index (χ1) is 17.4. The van der Waals surface area contributed by atoms with Crippen LogP contribution in [0.5, 0.6) is 0 Å². The number of rotatable bonds is 4. The van der Waals surface area contributed by atoms with Crippen molar-refractivity contribution in [3.8, 4) is 0 Å². The van der Waals surface area contributed by atoms with Crippen molar-refractivity contribution in [2.24, 2.45) is 0 Å². The summed E-state index contributed by atoms with van der Waals surface area (Å²) in [5, 5.41) is 124. The number of aliphatic hydroxyl groups is 12. The molecule has 2 aliphatic heterocycles. The molecule has 0 bridgehead atoms. The molecule has 1 aromatic rings. The zero-order valence-electron chi connectivity index (χ0n) is 19.5. The topological polar surface area (TPSA) is 325 Å². The average Bonchev–Trinajstić information content (AvgIpc) is 2.95. The molecule has 2 heterocycles. The number of amides is 3. The van der Waals surface area contributed by atoms with Crippen LogP contribution < -0.4 is 15.1 Å². The molecule has 0 aromatic heterocycles. The van der Waals surface area contributed by atoms with Gasteiger partial charge in [0, 0.05) is 19.9 Å². The summed E-state index contributed by atoms with van der Waals surface area (Å²) in [6, 6.07) is 0.873. The lowest BCUT2D eigenvalue weighted by Gasteiger charge is -2.60. The summed E-state index contributed by atoms with van der Waals surface area (Å²) in [7, 11) is 0. The molecule has 1 unspecified atom stereocenters. The number of piperazine rings is 1. The number of benzene rings is 1. The summed E-state index contributed by atoms with van der Waals surface area (Å²) < 4.78 is 19.7. The highest BCUT2D eigenvalue weighted by atomic mass is 19.1. The number of carbonyl (C=O) groups is 3. The van der Waals surface area contributed by atoms with Gasteiger partial charge >= 0.3 is 35.6 Å². The van der Waals surface area contributed by atoms with Gasteiger partial charge in [-0.15, -0.1) is 0 Å². The van der Waals surface area contributed by atoms with Gasteiger partial charge in [-0.05, 0) is 12.1 Å². The first-order valence-corrected chi connectivity index (χ1v) is 10.3. The Balaban J connectivity index is 2.12. The molecule has 2 saturated heterocycles. The minimum Gasteiger partial charge on any atom is -0.430 e. The number of hydrogen-bond donors (Lipinski definition) is 13. The zero-order valence-corrected chi connectivity index (χ0v) is 19.5. The molecule has 0 radical (unpaired) electrons. The summed E-state index contributed by atoms with van der Waals surface area (Å²) in [4.78, 5) is 33.1. The van der Waals surface area contributed by atoms with Crippen molar-refractivity contribution in [2.75, 3.05) is 9.80 Å². The number of halogens is 1. The van der Waals surface area contributed by atoms with Crippen LogP contribution in [0, 0.1) is 5.82 Å². The second-order valence-electron chi connectivity index (χ2n) is 8.56. The molecule has 3 amide bonds. The molecule has 21 heteroatoms. The van der Waals surface area contributed by atoms with Gasteiger partial charge in [-0.3, -0.25) is 14.5 Å². The maximum Gasteiger partial charge on any atom is 0.419 e. The molecule has 218 valence electrons. The van der Waals surface area contributed by atoms with E-state index in [0.29, 0.717) is 13.0 Å². The molecule has 2 fully saturated rings. The maximum absolute atomic E-state index is 15.2. The molecule has 13 N–H and O–H groups in total. The van der Waals surface area contributed by atoms with Crippen molar-refractivity contribution in [2.45, 2.75) is 55.4 Å². The van der Waals surface area contributed by atoms with Crippen LogP contribution in [0.3, 0.4) is 0 Å². The highest BCUT2D eigenvalue weighted by Crippen LogP contribution is 2.47. The number of nitrogens with one attached hydrogen (secondary N) is 1. The van der Waals surface area contributed by atoms with Crippen molar-refractivity contribution >= 4 is 29.3 Å². The monoisotopic (exact) mass is 570 g/mol. The minimum absolute atomic E-state index is 0.116. The summed E-state index contributed by atoms with van der Waals surface area (Å²) in [5.41, 5.74) is -2.45. The maximum atomic E-state index is 15.2. The highest BCUT2D eigenvalue weighted by molar-refractivity contribution is 5.91.